The van der Waals surface area contributed by atoms with Crippen LogP contribution in [0.3, 0.4) is 0 Å². The van der Waals surface area contributed by atoms with Gasteiger partial charge in [-0.2, -0.15) is 0 Å². The highest BCUT2D eigenvalue weighted by atomic mass is 79.9. The van der Waals surface area contributed by atoms with Crippen LogP contribution in [0.2, 0.25) is 0 Å². The Morgan fingerprint density at radius 1 is 1.44 bits per heavy atom. The van der Waals surface area contributed by atoms with Crippen LogP contribution in [0.4, 0.5) is 14.5 Å². The number of benzene rings is 1. The molecule has 102 valence electrons. The Balaban J connectivity index is 2.87. The minimum Gasteiger partial charge on any atom is -0.399 e. The molecule has 18 heavy (non-hydrogen) atoms. The van der Waals surface area contributed by atoms with E-state index >= 15 is 0 Å². The van der Waals surface area contributed by atoms with Crippen molar-refractivity contribution in [3.63, 3.8) is 0 Å². The highest BCUT2D eigenvalue weighted by molar-refractivity contribution is 9.10. The lowest BCUT2D eigenvalue weighted by Crippen LogP contribution is -2.35. The standard InChI is InChI=1S/C9H11BrF2N2O3S/c10-6-3-5(13)1-2-8(6)18(16,17)14-4-7(15)9(11)12/h1-3,7,9,14-15H,4,13H2. The third-order valence-electron chi connectivity index (χ3n) is 2.02. The molecule has 1 atom stereocenters. The summed E-state index contributed by atoms with van der Waals surface area (Å²) in [7, 11) is -3.98. The Morgan fingerprint density at radius 3 is 2.56 bits per heavy atom. The molecule has 1 unspecified atom stereocenters. The van der Waals surface area contributed by atoms with E-state index in [1.165, 1.54) is 18.2 Å². The fourth-order valence-corrected chi connectivity index (χ4v) is 3.24. The molecule has 0 aliphatic heterocycles. The number of sulfonamides is 1. The fourth-order valence-electron chi connectivity index (χ4n) is 1.10. The maximum Gasteiger partial charge on any atom is 0.265 e. The molecular formula is C9H11BrF2N2O3S. The number of alkyl halides is 2. The maximum absolute atomic E-state index is 12.0. The number of anilines is 1. The van der Waals surface area contributed by atoms with E-state index in [9.17, 15) is 17.2 Å². The molecule has 0 bridgehead atoms. The molecular weight excluding hydrogens is 334 g/mol. The van der Waals surface area contributed by atoms with Gasteiger partial charge in [-0.15, -0.1) is 0 Å². The van der Waals surface area contributed by atoms with E-state index in [2.05, 4.69) is 15.9 Å². The number of halogens is 3. The molecule has 0 aromatic heterocycles. The van der Waals surface area contributed by atoms with Crippen LogP contribution in [0.25, 0.3) is 0 Å². The van der Waals surface area contributed by atoms with Crippen LogP contribution >= 0.6 is 15.9 Å². The third kappa shape index (κ3) is 3.87. The Morgan fingerprint density at radius 2 is 2.06 bits per heavy atom. The van der Waals surface area contributed by atoms with Gasteiger partial charge in [0.25, 0.3) is 6.43 Å². The minimum atomic E-state index is -3.98. The van der Waals surface area contributed by atoms with Crippen molar-refractivity contribution in [2.45, 2.75) is 17.4 Å². The summed E-state index contributed by atoms with van der Waals surface area (Å²) in [5.41, 5.74) is 5.80. The first-order valence-corrected chi connectivity index (χ1v) is 7.02. The zero-order valence-electron chi connectivity index (χ0n) is 8.98. The lowest BCUT2D eigenvalue weighted by molar-refractivity contribution is -0.000452. The number of hydrogen-bond acceptors (Lipinski definition) is 4. The summed E-state index contributed by atoms with van der Waals surface area (Å²) in [6.07, 6.45) is -5.06. The fraction of sp³-hybridized carbons (Fsp3) is 0.333. The molecule has 0 aliphatic rings. The van der Waals surface area contributed by atoms with E-state index in [4.69, 9.17) is 10.8 Å². The number of hydrogen-bond donors (Lipinski definition) is 3. The van der Waals surface area contributed by atoms with Crippen LogP contribution in [-0.2, 0) is 10.0 Å². The van der Waals surface area contributed by atoms with Crippen molar-refractivity contribution >= 4 is 31.6 Å². The average Bonchev–Trinajstić information content (AvgIpc) is 2.25. The summed E-state index contributed by atoms with van der Waals surface area (Å²) >= 11 is 3.01. The quantitative estimate of drug-likeness (QED) is 0.693. The molecule has 1 aromatic rings. The molecule has 0 heterocycles. The molecule has 0 amide bonds. The summed E-state index contributed by atoms with van der Waals surface area (Å²) in [6, 6.07) is 3.97. The Hall–Kier alpha value is -0.770. The first kappa shape index (κ1) is 15.3. The number of aliphatic hydroxyl groups excluding tert-OH is 1. The molecule has 0 radical (unpaired) electrons. The zero-order chi connectivity index (χ0) is 13.9. The Labute approximate surface area is 111 Å². The van der Waals surface area contributed by atoms with Gasteiger partial charge in [0.05, 0.1) is 4.90 Å². The molecule has 9 heteroatoms. The van der Waals surface area contributed by atoms with E-state index < -0.39 is 29.1 Å². The second kappa shape index (κ2) is 5.91. The van der Waals surface area contributed by atoms with Crippen molar-refractivity contribution in [3.8, 4) is 0 Å². The minimum absolute atomic E-state index is 0.141. The van der Waals surface area contributed by atoms with E-state index in [0.717, 1.165) is 0 Å². The predicted molar refractivity (Wildman–Crippen MR) is 65.8 cm³/mol. The lowest BCUT2D eigenvalue weighted by Gasteiger charge is -2.12. The summed E-state index contributed by atoms with van der Waals surface area (Å²) in [4.78, 5) is -0.141. The average molecular weight is 345 g/mol. The van der Waals surface area contributed by atoms with Crippen LogP contribution in [0, 0.1) is 0 Å². The molecule has 1 aromatic carbocycles. The number of aliphatic hydroxyl groups is 1. The second-order valence-corrected chi connectivity index (χ2v) is 6.03. The zero-order valence-corrected chi connectivity index (χ0v) is 11.4. The number of nitrogens with two attached hydrogens (primary N) is 1. The van der Waals surface area contributed by atoms with Gasteiger partial charge in [-0.1, -0.05) is 0 Å². The van der Waals surface area contributed by atoms with Crippen LogP contribution in [-0.4, -0.2) is 32.6 Å². The van der Waals surface area contributed by atoms with Gasteiger partial charge in [-0.25, -0.2) is 21.9 Å². The van der Waals surface area contributed by atoms with Gasteiger partial charge in [-0.3, -0.25) is 0 Å². The van der Waals surface area contributed by atoms with Gasteiger partial charge >= 0.3 is 0 Å². The molecule has 0 saturated carbocycles. The second-order valence-electron chi connectivity index (χ2n) is 3.44. The van der Waals surface area contributed by atoms with Crippen molar-refractivity contribution < 1.29 is 22.3 Å². The first-order valence-electron chi connectivity index (χ1n) is 4.75. The summed E-state index contributed by atoms with van der Waals surface area (Å²) < 4.78 is 49.7. The number of nitrogen functional groups attached to an aromatic ring is 1. The van der Waals surface area contributed by atoms with Gasteiger partial charge in [0.15, 0.2) is 0 Å². The van der Waals surface area contributed by atoms with E-state index in [0.29, 0.717) is 5.69 Å². The molecule has 0 spiro atoms. The topological polar surface area (TPSA) is 92.4 Å². The highest BCUT2D eigenvalue weighted by Crippen LogP contribution is 2.24. The SMILES string of the molecule is Nc1ccc(S(=O)(=O)NCC(O)C(F)F)c(Br)c1. The normalized spacial score (nSPS) is 13.8. The van der Waals surface area contributed by atoms with E-state index in [-0.39, 0.29) is 9.37 Å². The lowest BCUT2D eigenvalue weighted by atomic mass is 10.3. The Bertz CT molecular complexity index is 525. The highest BCUT2D eigenvalue weighted by Gasteiger charge is 2.22. The van der Waals surface area contributed by atoms with Gasteiger partial charge < -0.3 is 10.8 Å². The third-order valence-corrected chi connectivity index (χ3v) is 4.42. The molecule has 0 aliphatic carbocycles. The van der Waals surface area contributed by atoms with E-state index in [1.54, 1.807) is 0 Å². The van der Waals surface area contributed by atoms with Crippen LogP contribution in [0.1, 0.15) is 0 Å². The Kier molecular flexibility index (Phi) is 5.02. The van der Waals surface area contributed by atoms with Gasteiger partial charge in [0, 0.05) is 16.7 Å². The first-order chi connectivity index (χ1) is 8.24. The van der Waals surface area contributed by atoms with Crippen molar-refractivity contribution in [1.82, 2.24) is 4.72 Å². The van der Waals surface area contributed by atoms with E-state index in [1.807, 2.05) is 4.72 Å². The van der Waals surface area contributed by atoms with Crippen LogP contribution in [0.5, 0.6) is 0 Å². The number of rotatable bonds is 5. The summed E-state index contributed by atoms with van der Waals surface area (Å²) in [5, 5.41) is 8.84. The monoisotopic (exact) mass is 344 g/mol. The smallest absolute Gasteiger partial charge is 0.265 e. The summed E-state index contributed by atoms with van der Waals surface area (Å²) in [5.74, 6) is 0. The number of nitrogens with one attached hydrogen (secondary N) is 1. The molecule has 0 fully saturated rings. The van der Waals surface area contributed by atoms with Crippen molar-refractivity contribution in [2.75, 3.05) is 12.3 Å². The van der Waals surface area contributed by atoms with Crippen LogP contribution < -0.4 is 10.5 Å². The van der Waals surface area contributed by atoms with Crippen LogP contribution in [0.15, 0.2) is 27.6 Å². The molecule has 1 rings (SSSR count). The van der Waals surface area contributed by atoms with Gasteiger partial charge in [0.2, 0.25) is 10.0 Å². The van der Waals surface area contributed by atoms with Crippen molar-refractivity contribution in [2.24, 2.45) is 0 Å². The van der Waals surface area contributed by atoms with Gasteiger partial charge in [0.1, 0.15) is 6.10 Å². The molecule has 5 nitrogen and oxygen atoms in total. The molecule has 4 N–H and O–H groups in total. The molecule has 0 saturated heterocycles. The summed E-state index contributed by atoms with van der Waals surface area (Å²) in [6.45, 7) is -0.767. The van der Waals surface area contributed by atoms with Crippen molar-refractivity contribution in [3.05, 3.63) is 22.7 Å². The predicted octanol–water partition coefficient (Wildman–Crippen LogP) is 0.936. The van der Waals surface area contributed by atoms with Gasteiger partial charge in [-0.05, 0) is 34.1 Å². The largest absolute Gasteiger partial charge is 0.399 e. The van der Waals surface area contributed by atoms with Crippen molar-refractivity contribution in [1.29, 1.82) is 0 Å². The maximum atomic E-state index is 12.0.